The molecule has 1 aromatic rings. The molecular weight excluding hydrogens is 939 g/mol. The van der Waals surface area contributed by atoms with E-state index in [1.807, 2.05) is 121 Å². The van der Waals surface area contributed by atoms with Gasteiger partial charge in [0.1, 0.15) is 0 Å². The van der Waals surface area contributed by atoms with Crippen molar-refractivity contribution in [2.45, 2.75) is 45.1 Å². The SMILES string of the molecule is CN(C)CCNC(=O)CCN(CCNC(=O)CCN(CCOCCOCCOCc1ccccc1)CCC(=O)NCCN(CCC(=O)NCCN(C)C)CCC(=O)NCCN(C)C)CCC(=O)NCCN(C)C. The third-order valence-corrected chi connectivity index (χ3v) is 11.4. The Morgan fingerprint density at radius 3 is 0.890 bits per heavy atom. The molecule has 6 amide bonds. The van der Waals surface area contributed by atoms with Crippen LogP contribution < -0.4 is 31.9 Å². The predicted octanol–water partition coefficient (Wildman–Crippen LogP) is -1.57. The molecule has 0 heterocycles. The van der Waals surface area contributed by atoms with E-state index in [1.54, 1.807) is 0 Å². The molecule has 22 heteroatoms. The minimum atomic E-state index is -0.154. The van der Waals surface area contributed by atoms with Crippen LogP contribution in [0.15, 0.2) is 30.3 Å². The van der Waals surface area contributed by atoms with Crippen LogP contribution in [-0.4, -0.2) is 284 Å². The summed E-state index contributed by atoms with van der Waals surface area (Å²) in [5, 5.41) is 17.8. The first-order chi connectivity index (χ1) is 35.0. The Kier molecular flexibility index (Phi) is 40.2. The van der Waals surface area contributed by atoms with E-state index in [-0.39, 0.29) is 74.0 Å². The summed E-state index contributed by atoms with van der Waals surface area (Å²) in [6, 6.07) is 9.95. The molecule has 0 unspecified atom stereocenters. The number of hydrogen-bond acceptors (Lipinski definition) is 16. The zero-order valence-electron chi connectivity index (χ0n) is 46.1. The summed E-state index contributed by atoms with van der Waals surface area (Å²) in [5.74, 6) is -0.575. The fourth-order valence-corrected chi connectivity index (χ4v) is 6.87. The molecule has 0 aliphatic carbocycles. The molecule has 73 heavy (non-hydrogen) atoms. The van der Waals surface area contributed by atoms with Crippen LogP contribution >= 0.6 is 0 Å². The number of nitrogens with zero attached hydrogens (tertiary/aromatic N) is 7. The molecule has 0 aromatic heterocycles. The summed E-state index contributed by atoms with van der Waals surface area (Å²) in [4.78, 5) is 90.8. The molecule has 1 aromatic carbocycles. The molecule has 0 atom stereocenters. The van der Waals surface area contributed by atoms with Gasteiger partial charge in [0.2, 0.25) is 35.4 Å². The second-order valence-electron chi connectivity index (χ2n) is 19.1. The van der Waals surface area contributed by atoms with E-state index in [0.717, 1.165) is 31.7 Å². The van der Waals surface area contributed by atoms with Gasteiger partial charge in [-0.05, 0) is 61.9 Å². The first-order valence-corrected chi connectivity index (χ1v) is 26.2. The summed E-state index contributed by atoms with van der Waals surface area (Å²) in [6.45, 7) is 12.3. The van der Waals surface area contributed by atoms with Gasteiger partial charge in [0.05, 0.1) is 39.6 Å². The summed E-state index contributed by atoms with van der Waals surface area (Å²) < 4.78 is 17.3. The predicted molar refractivity (Wildman–Crippen MR) is 287 cm³/mol. The zero-order valence-corrected chi connectivity index (χ0v) is 46.1. The number of likely N-dealkylation sites (N-methyl/N-ethyl adjacent to an activating group) is 4. The Balaban J connectivity index is 2.80. The third-order valence-electron chi connectivity index (χ3n) is 11.4. The van der Waals surface area contributed by atoms with Crippen molar-refractivity contribution in [3.8, 4) is 0 Å². The molecule has 0 radical (unpaired) electrons. The number of amides is 6. The highest BCUT2D eigenvalue weighted by atomic mass is 16.5. The number of benzene rings is 1. The lowest BCUT2D eigenvalue weighted by molar-refractivity contribution is -0.123. The van der Waals surface area contributed by atoms with Crippen LogP contribution in [0.5, 0.6) is 0 Å². The van der Waals surface area contributed by atoms with E-state index in [0.29, 0.717) is 138 Å². The van der Waals surface area contributed by atoms with Crippen LogP contribution in [0.4, 0.5) is 0 Å². The Hall–Kier alpha value is -4.36. The Labute approximate surface area is 438 Å². The van der Waals surface area contributed by atoms with E-state index in [9.17, 15) is 28.8 Å². The van der Waals surface area contributed by atoms with E-state index >= 15 is 0 Å². The fourth-order valence-electron chi connectivity index (χ4n) is 6.87. The second-order valence-corrected chi connectivity index (χ2v) is 19.1. The van der Waals surface area contributed by atoms with Crippen LogP contribution in [-0.2, 0) is 49.6 Å². The van der Waals surface area contributed by atoms with Crippen molar-refractivity contribution in [2.24, 2.45) is 0 Å². The van der Waals surface area contributed by atoms with Gasteiger partial charge >= 0.3 is 0 Å². The van der Waals surface area contributed by atoms with Crippen LogP contribution in [0.25, 0.3) is 0 Å². The van der Waals surface area contributed by atoms with Gasteiger partial charge in [0.15, 0.2) is 0 Å². The molecule has 0 aliphatic heterocycles. The smallest absolute Gasteiger partial charge is 0.221 e. The normalized spacial score (nSPS) is 11.6. The van der Waals surface area contributed by atoms with E-state index in [2.05, 4.69) is 31.9 Å². The molecule has 0 spiro atoms. The molecule has 0 bridgehead atoms. The van der Waals surface area contributed by atoms with Crippen LogP contribution in [0.1, 0.15) is 44.1 Å². The largest absolute Gasteiger partial charge is 0.378 e. The molecule has 22 nitrogen and oxygen atoms in total. The topological polar surface area (TPSA) is 225 Å². The quantitative estimate of drug-likeness (QED) is 0.0406. The Morgan fingerprint density at radius 1 is 0.329 bits per heavy atom. The van der Waals surface area contributed by atoms with Crippen molar-refractivity contribution in [3.63, 3.8) is 0 Å². The first-order valence-electron chi connectivity index (χ1n) is 26.2. The summed E-state index contributed by atoms with van der Waals surface area (Å²) in [5.41, 5.74) is 1.10. The number of hydrogen-bond donors (Lipinski definition) is 6. The summed E-state index contributed by atoms with van der Waals surface area (Å²) >= 11 is 0. The standard InChI is InChI=1S/C51H97N13O9/c1-58(2)32-20-52-46(65)14-26-62(27-15-47(66)53-21-33-59(3)4)36-24-56-50(69)18-30-64(38-39-71-40-41-72-42-43-73-44-45-12-10-9-11-13-45)31-19-51(70)57-25-37-63(28-16-48(67)54-22-34-60(5)6)29-17-49(68)55-23-35-61(7)8/h9-13H,14-44H2,1-8H3,(H,52,65)(H,53,66)(H,54,67)(H,55,68)(H,56,69)(H,57,70). The van der Waals surface area contributed by atoms with Crippen molar-refractivity contribution in [3.05, 3.63) is 35.9 Å². The zero-order chi connectivity index (χ0) is 53.9. The monoisotopic (exact) mass is 1040 g/mol. The van der Waals surface area contributed by atoms with Gasteiger partial charge in [0.25, 0.3) is 0 Å². The molecule has 0 saturated carbocycles. The number of carbonyl (C=O) groups is 6. The lowest BCUT2D eigenvalue weighted by atomic mass is 10.2. The number of rotatable bonds is 47. The van der Waals surface area contributed by atoms with Gasteiger partial charge in [-0.3, -0.25) is 28.8 Å². The highest BCUT2D eigenvalue weighted by molar-refractivity contribution is 5.78. The highest BCUT2D eigenvalue weighted by Gasteiger charge is 2.16. The molecule has 0 fully saturated rings. The van der Waals surface area contributed by atoms with Crippen molar-refractivity contribution in [1.29, 1.82) is 0 Å². The molecule has 420 valence electrons. The lowest BCUT2D eigenvalue weighted by Crippen LogP contribution is -2.41. The molecular formula is C51H97N13O9. The van der Waals surface area contributed by atoms with Crippen LogP contribution in [0, 0.1) is 0 Å². The Bertz CT molecular complexity index is 1470. The maximum Gasteiger partial charge on any atom is 0.221 e. The third kappa shape index (κ3) is 42.7. The first kappa shape index (κ1) is 66.7. The number of carbonyl (C=O) groups excluding carboxylic acids is 6. The van der Waals surface area contributed by atoms with Gasteiger partial charge in [-0.25, -0.2) is 0 Å². The van der Waals surface area contributed by atoms with Gasteiger partial charge in [-0.1, -0.05) is 30.3 Å². The van der Waals surface area contributed by atoms with Crippen molar-refractivity contribution in [2.75, 3.05) is 214 Å². The van der Waals surface area contributed by atoms with E-state index < -0.39 is 0 Å². The molecule has 1 rings (SSSR count). The summed E-state index contributed by atoms with van der Waals surface area (Å²) in [6.07, 6.45) is 1.47. The van der Waals surface area contributed by atoms with E-state index in [4.69, 9.17) is 14.2 Å². The lowest BCUT2D eigenvalue weighted by Gasteiger charge is -2.24. The van der Waals surface area contributed by atoms with E-state index in [1.165, 1.54) is 0 Å². The van der Waals surface area contributed by atoms with Gasteiger partial charge in [-0.2, -0.15) is 0 Å². The average Bonchev–Trinajstić information content (AvgIpc) is 3.33. The minimum Gasteiger partial charge on any atom is -0.378 e. The summed E-state index contributed by atoms with van der Waals surface area (Å²) in [7, 11) is 15.6. The van der Waals surface area contributed by atoms with Crippen molar-refractivity contribution in [1.82, 2.24) is 66.2 Å². The van der Waals surface area contributed by atoms with Gasteiger partial charge in [0, 0.05) is 163 Å². The van der Waals surface area contributed by atoms with Crippen LogP contribution in [0.2, 0.25) is 0 Å². The second kappa shape index (κ2) is 44.0. The fraction of sp³-hybridized carbons (Fsp3) is 0.765. The molecule has 0 saturated heterocycles. The highest BCUT2D eigenvalue weighted by Crippen LogP contribution is 2.02. The molecule has 6 N–H and O–H groups in total. The Morgan fingerprint density at radius 2 is 0.589 bits per heavy atom. The number of nitrogens with one attached hydrogen (secondary N) is 6. The minimum absolute atomic E-state index is 0.0668. The van der Waals surface area contributed by atoms with Gasteiger partial charge < -0.3 is 80.4 Å². The maximum absolute atomic E-state index is 13.2. The number of ether oxygens (including phenoxy) is 3. The average molecular weight is 1040 g/mol. The van der Waals surface area contributed by atoms with Crippen molar-refractivity contribution < 1.29 is 43.0 Å². The van der Waals surface area contributed by atoms with Crippen molar-refractivity contribution >= 4 is 35.4 Å². The molecule has 0 aliphatic rings. The maximum atomic E-state index is 13.2. The van der Waals surface area contributed by atoms with Gasteiger partial charge in [-0.15, -0.1) is 0 Å². The van der Waals surface area contributed by atoms with Crippen LogP contribution in [0.3, 0.4) is 0 Å².